The number of aliphatic hydroxyl groups excluding tert-OH is 2. The number of aliphatic hydroxyl groups is 2. The number of hydrogen-bond acceptors (Lipinski definition) is 5. The second kappa shape index (κ2) is 7.15. The van der Waals surface area contributed by atoms with E-state index in [9.17, 15) is 20.3 Å². The van der Waals surface area contributed by atoms with Gasteiger partial charge in [0, 0.05) is 23.8 Å². The first-order chi connectivity index (χ1) is 13.3. The zero-order valence-electron chi connectivity index (χ0n) is 17.1. The van der Waals surface area contributed by atoms with Crippen LogP contribution in [0, 0.1) is 45.8 Å². The van der Waals surface area contributed by atoms with Crippen LogP contribution in [0.3, 0.4) is 0 Å². The summed E-state index contributed by atoms with van der Waals surface area (Å²) in [6.45, 7) is 4.74. The van der Waals surface area contributed by atoms with Gasteiger partial charge in [-0.25, -0.2) is 4.79 Å². The minimum absolute atomic E-state index is 0.140. The highest BCUT2D eigenvalue weighted by molar-refractivity contribution is 5.85. The van der Waals surface area contributed by atoms with Gasteiger partial charge in [0.25, 0.3) is 0 Å². The molecule has 3 saturated carbocycles. The summed E-state index contributed by atoms with van der Waals surface area (Å²) in [7, 11) is 0. The first-order valence-corrected chi connectivity index (χ1v) is 10.9. The lowest BCUT2D eigenvalue weighted by Gasteiger charge is -2.61. The Labute approximate surface area is 167 Å². The maximum atomic E-state index is 11.6. The molecule has 4 aliphatic rings. The van der Waals surface area contributed by atoms with Crippen molar-refractivity contribution in [3.63, 3.8) is 0 Å². The third-order valence-electron chi connectivity index (χ3n) is 9.02. The molecule has 1 aliphatic heterocycles. The number of hydrogen-bond donors (Lipinski definition) is 2. The van der Waals surface area contributed by atoms with Gasteiger partial charge in [-0.1, -0.05) is 13.8 Å². The summed E-state index contributed by atoms with van der Waals surface area (Å²) in [4.78, 5) is 11.6. The van der Waals surface area contributed by atoms with Gasteiger partial charge >= 0.3 is 5.97 Å². The van der Waals surface area contributed by atoms with Crippen LogP contribution in [-0.2, 0) is 9.53 Å². The summed E-state index contributed by atoms with van der Waals surface area (Å²) >= 11 is 0. The molecule has 4 rings (SSSR count). The van der Waals surface area contributed by atoms with Crippen molar-refractivity contribution >= 4 is 5.97 Å². The molecule has 0 bridgehead atoms. The van der Waals surface area contributed by atoms with Crippen molar-refractivity contribution in [2.24, 2.45) is 34.5 Å². The van der Waals surface area contributed by atoms with Crippen LogP contribution in [0.25, 0.3) is 0 Å². The minimum Gasteiger partial charge on any atom is -0.458 e. The number of nitrogens with zero attached hydrogens (tertiary/aromatic N) is 1. The first-order valence-electron chi connectivity index (χ1n) is 10.9. The van der Waals surface area contributed by atoms with Crippen molar-refractivity contribution in [1.29, 1.82) is 5.26 Å². The molecule has 0 aromatic rings. The number of nitriles is 1. The number of ether oxygens (including phenoxy) is 1. The number of carbonyl (C=O) groups is 1. The van der Waals surface area contributed by atoms with Crippen LogP contribution in [0.2, 0.25) is 0 Å². The molecule has 0 unspecified atom stereocenters. The van der Waals surface area contributed by atoms with Gasteiger partial charge in [0.2, 0.25) is 0 Å². The number of esters is 1. The molecule has 5 heteroatoms. The van der Waals surface area contributed by atoms with Crippen LogP contribution in [0.15, 0.2) is 11.6 Å². The Balaban J connectivity index is 1.61. The van der Waals surface area contributed by atoms with Crippen LogP contribution < -0.4 is 0 Å². The molecule has 3 aliphatic carbocycles. The second-order valence-corrected chi connectivity index (χ2v) is 10.2. The van der Waals surface area contributed by atoms with Crippen LogP contribution in [-0.4, -0.2) is 35.0 Å². The molecule has 0 spiro atoms. The summed E-state index contributed by atoms with van der Waals surface area (Å²) in [5, 5.41) is 31.2. The van der Waals surface area contributed by atoms with Crippen molar-refractivity contribution < 1.29 is 19.7 Å². The predicted octanol–water partition coefficient (Wildman–Crippen LogP) is 3.35. The Morgan fingerprint density at radius 2 is 2.04 bits per heavy atom. The third kappa shape index (κ3) is 3.00. The van der Waals surface area contributed by atoms with E-state index < -0.39 is 11.5 Å². The van der Waals surface area contributed by atoms with E-state index in [1.54, 1.807) is 0 Å². The van der Waals surface area contributed by atoms with Crippen molar-refractivity contribution in [2.45, 2.75) is 77.4 Å². The Morgan fingerprint density at radius 1 is 1.25 bits per heavy atom. The fourth-order valence-electron chi connectivity index (χ4n) is 7.29. The lowest BCUT2D eigenvalue weighted by molar-refractivity contribution is -0.165. The second-order valence-electron chi connectivity index (χ2n) is 10.2. The van der Waals surface area contributed by atoms with Crippen LogP contribution in [0.5, 0.6) is 0 Å². The highest BCUT2D eigenvalue weighted by Crippen LogP contribution is 2.63. The molecule has 3 fully saturated rings. The van der Waals surface area contributed by atoms with E-state index in [-0.39, 0.29) is 35.9 Å². The molecule has 0 aromatic carbocycles. The molecule has 28 heavy (non-hydrogen) atoms. The van der Waals surface area contributed by atoms with Crippen molar-refractivity contribution in [2.75, 3.05) is 6.61 Å². The molecule has 0 saturated heterocycles. The highest BCUT2D eigenvalue weighted by atomic mass is 16.5. The lowest BCUT2D eigenvalue weighted by atomic mass is 9.45. The van der Waals surface area contributed by atoms with E-state index in [1.165, 1.54) is 6.08 Å². The predicted molar refractivity (Wildman–Crippen MR) is 104 cm³/mol. The Bertz CT molecular complexity index is 712. The van der Waals surface area contributed by atoms with Gasteiger partial charge in [-0.15, -0.1) is 0 Å². The average Bonchev–Trinajstić information content (AvgIpc) is 3.09. The van der Waals surface area contributed by atoms with E-state index in [2.05, 4.69) is 19.9 Å². The number of carbonyl (C=O) groups excluding carboxylic acids is 1. The standard InChI is InChI=1S/C23H33NO4/c1-22-8-5-16(25)12-15(22)3-4-17-19(22)6-9-23(2,21(17)27)18(7-10-24)14-11-20(26)28-13-14/h11,15-19,21,25,27H,3-9,12-13H2,1-2H3/t15-,16+,17-,18-,19+,21-,22+,23-/m1/s1. The maximum Gasteiger partial charge on any atom is 0.331 e. The van der Waals surface area contributed by atoms with Gasteiger partial charge in [-0.3, -0.25) is 0 Å². The van der Waals surface area contributed by atoms with Crippen LogP contribution in [0.4, 0.5) is 0 Å². The number of cyclic esters (lactones) is 1. The van der Waals surface area contributed by atoms with Gasteiger partial charge in [0.05, 0.1) is 18.3 Å². The first kappa shape index (κ1) is 19.9. The third-order valence-corrected chi connectivity index (χ3v) is 9.02. The molecule has 2 N–H and O–H groups in total. The van der Waals surface area contributed by atoms with Gasteiger partial charge < -0.3 is 14.9 Å². The lowest BCUT2D eigenvalue weighted by Crippen LogP contribution is -2.58. The molecule has 154 valence electrons. The van der Waals surface area contributed by atoms with Gasteiger partial charge in [0.15, 0.2) is 0 Å². The van der Waals surface area contributed by atoms with Crippen molar-refractivity contribution in [3.8, 4) is 6.07 Å². The molecular formula is C23H33NO4. The number of rotatable bonds is 3. The number of fused-ring (bicyclic) bond motifs is 3. The maximum absolute atomic E-state index is 11.6. The average molecular weight is 388 g/mol. The smallest absolute Gasteiger partial charge is 0.331 e. The summed E-state index contributed by atoms with van der Waals surface area (Å²) in [5.74, 6) is 0.777. The topological polar surface area (TPSA) is 90.5 Å². The summed E-state index contributed by atoms with van der Waals surface area (Å²) in [5.41, 5.74) is 0.654. The fourth-order valence-corrected chi connectivity index (χ4v) is 7.29. The molecule has 5 nitrogen and oxygen atoms in total. The SMILES string of the molecule is C[C@]12CC[C@H](O)C[C@H]1CC[C@H]1[C@@H](O)[C@@](C)([C@H](CC#N)C3=CC(=O)OC3)CC[C@@H]12. The van der Waals surface area contributed by atoms with E-state index in [0.29, 0.717) is 18.3 Å². The quantitative estimate of drug-likeness (QED) is 0.725. The van der Waals surface area contributed by atoms with Gasteiger partial charge in [-0.2, -0.15) is 5.26 Å². The van der Waals surface area contributed by atoms with Crippen LogP contribution in [0.1, 0.15) is 65.2 Å². The summed E-state index contributed by atoms with van der Waals surface area (Å²) in [6.07, 6.45) is 7.96. The van der Waals surface area contributed by atoms with E-state index >= 15 is 0 Å². The molecule has 0 radical (unpaired) electrons. The van der Waals surface area contributed by atoms with Crippen molar-refractivity contribution in [3.05, 3.63) is 11.6 Å². The zero-order valence-corrected chi connectivity index (χ0v) is 17.1. The van der Waals surface area contributed by atoms with E-state index in [0.717, 1.165) is 50.5 Å². The zero-order chi connectivity index (χ0) is 20.1. The molecule has 1 heterocycles. The Morgan fingerprint density at radius 3 is 2.71 bits per heavy atom. The monoisotopic (exact) mass is 387 g/mol. The Kier molecular flexibility index (Phi) is 5.08. The van der Waals surface area contributed by atoms with Gasteiger partial charge in [-0.05, 0) is 73.7 Å². The summed E-state index contributed by atoms with van der Waals surface area (Å²) < 4.78 is 5.12. The van der Waals surface area contributed by atoms with Gasteiger partial charge in [0.1, 0.15) is 6.61 Å². The molecule has 0 aromatic heterocycles. The normalized spacial score (nSPS) is 46.6. The van der Waals surface area contributed by atoms with E-state index in [4.69, 9.17) is 4.74 Å². The molecular weight excluding hydrogens is 354 g/mol. The minimum atomic E-state index is -0.481. The molecule has 8 atom stereocenters. The van der Waals surface area contributed by atoms with Crippen molar-refractivity contribution in [1.82, 2.24) is 0 Å². The summed E-state index contributed by atoms with van der Waals surface area (Å²) in [6, 6.07) is 2.29. The Hall–Kier alpha value is -1.38. The molecule has 0 amide bonds. The highest BCUT2D eigenvalue weighted by Gasteiger charge is 2.58. The van der Waals surface area contributed by atoms with Crippen LogP contribution >= 0.6 is 0 Å². The van der Waals surface area contributed by atoms with E-state index in [1.807, 2.05) is 0 Å². The fraction of sp³-hybridized carbons (Fsp3) is 0.826. The largest absolute Gasteiger partial charge is 0.458 e.